The number of nitrogens with zero attached hydrogens (tertiary/aromatic N) is 2. The van der Waals surface area contributed by atoms with Crippen molar-refractivity contribution in [2.24, 2.45) is 0 Å². The standard InChI is InChI=1S/C10H21ClN2/c1-10(2)9-13(6-4-5-11)8-7-12(10)3/h4-9H2,1-3H3. The van der Waals surface area contributed by atoms with Gasteiger partial charge in [0.05, 0.1) is 0 Å². The first-order chi connectivity index (χ1) is 6.06. The number of alkyl halides is 1. The van der Waals surface area contributed by atoms with E-state index in [-0.39, 0.29) is 0 Å². The Morgan fingerprint density at radius 2 is 2.00 bits per heavy atom. The molecule has 0 aromatic rings. The van der Waals surface area contributed by atoms with Crippen LogP contribution in [0.15, 0.2) is 0 Å². The van der Waals surface area contributed by atoms with Crippen LogP contribution in [0.2, 0.25) is 0 Å². The normalized spacial score (nSPS) is 24.9. The maximum Gasteiger partial charge on any atom is 0.0277 e. The molecule has 0 radical (unpaired) electrons. The highest BCUT2D eigenvalue weighted by atomic mass is 35.5. The van der Waals surface area contributed by atoms with Crippen molar-refractivity contribution in [1.82, 2.24) is 9.80 Å². The fraction of sp³-hybridized carbons (Fsp3) is 1.00. The van der Waals surface area contributed by atoms with Gasteiger partial charge in [-0.2, -0.15) is 0 Å². The Morgan fingerprint density at radius 1 is 1.31 bits per heavy atom. The summed E-state index contributed by atoms with van der Waals surface area (Å²) in [5, 5.41) is 0. The molecule has 1 fully saturated rings. The molecule has 0 saturated carbocycles. The molecule has 1 aliphatic heterocycles. The van der Waals surface area contributed by atoms with E-state index in [1.54, 1.807) is 0 Å². The van der Waals surface area contributed by atoms with E-state index in [1.165, 1.54) is 19.6 Å². The molecule has 2 nitrogen and oxygen atoms in total. The Hall–Kier alpha value is 0.210. The lowest BCUT2D eigenvalue weighted by Crippen LogP contribution is -2.57. The fourth-order valence-electron chi connectivity index (χ4n) is 1.82. The lowest BCUT2D eigenvalue weighted by molar-refractivity contribution is 0.0403. The highest BCUT2D eigenvalue weighted by Crippen LogP contribution is 2.18. The number of likely N-dealkylation sites (N-methyl/N-ethyl adjacent to an activating group) is 1. The quantitative estimate of drug-likeness (QED) is 0.645. The molecular weight excluding hydrogens is 184 g/mol. The number of hydrogen-bond donors (Lipinski definition) is 0. The summed E-state index contributed by atoms with van der Waals surface area (Å²) >= 11 is 5.68. The van der Waals surface area contributed by atoms with Crippen molar-refractivity contribution in [2.45, 2.75) is 25.8 Å². The minimum Gasteiger partial charge on any atom is -0.300 e. The van der Waals surface area contributed by atoms with Gasteiger partial charge < -0.3 is 4.90 Å². The molecule has 0 spiro atoms. The van der Waals surface area contributed by atoms with E-state index in [9.17, 15) is 0 Å². The van der Waals surface area contributed by atoms with Gasteiger partial charge in [-0.1, -0.05) is 0 Å². The van der Waals surface area contributed by atoms with Gasteiger partial charge in [0, 0.05) is 31.1 Å². The number of hydrogen-bond acceptors (Lipinski definition) is 2. The summed E-state index contributed by atoms with van der Waals surface area (Å²) in [4.78, 5) is 4.95. The topological polar surface area (TPSA) is 6.48 Å². The molecule has 0 aromatic carbocycles. The van der Waals surface area contributed by atoms with Crippen LogP contribution in [0.5, 0.6) is 0 Å². The van der Waals surface area contributed by atoms with E-state index in [4.69, 9.17) is 11.6 Å². The van der Waals surface area contributed by atoms with Crippen LogP contribution in [-0.4, -0.2) is 54.4 Å². The fourth-order valence-corrected chi connectivity index (χ4v) is 1.93. The Kier molecular flexibility index (Phi) is 4.02. The van der Waals surface area contributed by atoms with Gasteiger partial charge in [-0.05, 0) is 33.9 Å². The molecule has 1 rings (SSSR count). The van der Waals surface area contributed by atoms with Crippen molar-refractivity contribution in [2.75, 3.05) is 39.1 Å². The van der Waals surface area contributed by atoms with Gasteiger partial charge in [-0.3, -0.25) is 4.90 Å². The summed E-state index contributed by atoms with van der Waals surface area (Å²) in [5.74, 6) is 0.784. The van der Waals surface area contributed by atoms with Crippen LogP contribution in [-0.2, 0) is 0 Å². The van der Waals surface area contributed by atoms with Crippen LogP contribution in [0.3, 0.4) is 0 Å². The summed E-state index contributed by atoms with van der Waals surface area (Å²) in [6.45, 7) is 9.30. The first-order valence-electron chi connectivity index (χ1n) is 5.06. The molecule has 1 heterocycles. The number of piperazine rings is 1. The van der Waals surface area contributed by atoms with Crippen LogP contribution in [0.25, 0.3) is 0 Å². The minimum atomic E-state index is 0.324. The lowest BCUT2D eigenvalue weighted by atomic mass is 10.00. The number of rotatable bonds is 3. The van der Waals surface area contributed by atoms with Gasteiger partial charge in [0.15, 0.2) is 0 Å². The first kappa shape index (κ1) is 11.3. The van der Waals surface area contributed by atoms with Crippen molar-refractivity contribution >= 4 is 11.6 Å². The molecule has 0 unspecified atom stereocenters. The zero-order chi connectivity index (χ0) is 9.90. The van der Waals surface area contributed by atoms with Crippen molar-refractivity contribution in [3.63, 3.8) is 0 Å². The second kappa shape index (κ2) is 4.63. The largest absolute Gasteiger partial charge is 0.300 e. The molecule has 0 aromatic heterocycles. The molecule has 78 valence electrons. The third-order valence-corrected chi connectivity index (χ3v) is 3.27. The third-order valence-electron chi connectivity index (χ3n) is 3.00. The van der Waals surface area contributed by atoms with Crippen LogP contribution < -0.4 is 0 Å². The van der Waals surface area contributed by atoms with Crippen molar-refractivity contribution in [3.05, 3.63) is 0 Å². The van der Waals surface area contributed by atoms with Gasteiger partial charge in [0.2, 0.25) is 0 Å². The molecule has 0 amide bonds. The predicted molar refractivity (Wildman–Crippen MR) is 58.5 cm³/mol. The van der Waals surface area contributed by atoms with Crippen LogP contribution in [0.1, 0.15) is 20.3 Å². The SMILES string of the molecule is CN1CCN(CCCCl)CC1(C)C. The maximum atomic E-state index is 5.68. The smallest absolute Gasteiger partial charge is 0.0277 e. The van der Waals surface area contributed by atoms with Crippen molar-refractivity contribution in [1.29, 1.82) is 0 Å². The van der Waals surface area contributed by atoms with Gasteiger partial charge in [-0.15, -0.1) is 11.6 Å². The van der Waals surface area contributed by atoms with Gasteiger partial charge in [0.25, 0.3) is 0 Å². The Bertz CT molecular complexity index is 157. The van der Waals surface area contributed by atoms with Gasteiger partial charge in [0.1, 0.15) is 0 Å². The molecule has 1 saturated heterocycles. The van der Waals surface area contributed by atoms with E-state index >= 15 is 0 Å². The van der Waals surface area contributed by atoms with E-state index < -0.39 is 0 Å². The van der Waals surface area contributed by atoms with Crippen LogP contribution >= 0.6 is 11.6 Å². The highest BCUT2D eigenvalue weighted by molar-refractivity contribution is 6.17. The van der Waals surface area contributed by atoms with Gasteiger partial charge >= 0.3 is 0 Å². The average molecular weight is 205 g/mol. The zero-order valence-electron chi connectivity index (χ0n) is 9.02. The highest BCUT2D eigenvalue weighted by Gasteiger charge is 2.30. The second-order valence-corrected chi connectivity index (χ2v) is 4.93. The number of halogens is 1. The summed E-state index contributed by atoms with van der Waals surface area (Å²) in [5.41, 5.74) is 0.324. The molecule has 0 bridgehead atoms. The van der Waals surface area contributed by atoms with E-state index in [0.717, 1.165) is 18.8 Å². The Labute approximate surface area is 86.8 Å². The summed E-state index contributed by atoms with van der Waals surface area (Å²) in [6.07, 6.45) is 1.11. The predicted octanol–water partition coefficient (Wildman–Crippen LogP) is 1.64. The molecule has 13 heavy (non-hydrogen) atoms. The van der Waals surface area contributed by atoms with Crippen LogP contribution in [0.4, 0.5) is 0 Å². The lowest BCUT2D eigenvalue weighted by Gasteiger charge is -2.45. The van der Waals surface area contributed by atoms with E-state index in [2.05, 4.69) is 30.7 Å². The zero-order valence-corrected chi connectivity index (χ0v) is 9.77. The minimum absolute atomic E-state index is 0.324. The average Bonchev–Trinajstić information content (AvgIpc) is 2.07. The van der Waals surface area contributed by atoms with Crippen LogP contribution in [0, 0.1) is 0 Å². The van der Waals surface area contributed by atoms with E-state index in [1.807, 2.05) is 0 Å². The summed E-state index contributed by atoms with van der Waals surface area (Å²) in [6, 6.07) is 0. The molecule has 3 heteroatoms. The van der Waals surface area contributed by atoms with Crippen molar-refractivity contribution < 1.29 is 0 Å². The molecule has 0 N–H and O–H groups in total. The third kappa shape index (κ3) is 3.12. The maximum absolute atomic E-state index is 5.68. The van der Waals surface area contributed by atoms with Crippen molar-refractivity contribution in [3.8, 4) is 0 Å². The van der Waals surface area contributed by atoms with E-state index in [0.29, 0.717) is 5.54 Å². The summed E-state index contributed by atoms with van der Waals surface area (Å²) in [7, 11) is 2.21. The second-order valence-electron chi connectivity index (χ2n) is 4.55. The Balaban J connectivity index is 2.37. The first-order valence-corrected chi connectivity index (χ1v) is 5.59. The summed E-state index contributed by atoms with van der Waals surface area (Å²) < 4.78 is 0. The molecule has 1 aliphatic rings. The van der Waals surface area contributed by atoms with Gasteiger partial charge in [-0.25, -0.2) is 0 Å². The monoisotopic (exact) mass is 204 g/mol. The Morgan fingerprint density at radius 3 is 2.54 bits per heavy atom. The molecular formula is C10H21ClN2. The molecule has 0 atom stereocenters. The molecule has 0 aliphatic carbocycles.